The maximum absolute atomic E-state index is 10.1. The Balaban J connectivity index is 1.60. The molecule has 0 amide bonds. The largest absolute Gasteiger partial charge is 0.497 e. The molecule has 0 spiro atoms. The number of methoxy groups -OCH3 is 2. The Kier molecular flexibility index (Phi) is 7.15. The zero-order valence-corrected chi connectivity index (χ0v) is 18.5. The topological polar surface area (TPSA) is 97.6 Å². The third-order valence-electron chi connectivity index (χ3n) is 5.82. The summed E-state index contributed by atoms with van der Waals surface area (Å²) < 4.78 is 21.7. The maximum Gasteiger partial charge on any atom is 0.228 e. The second-order valence-electron chi connectivity index (χ2n) is 7.92. The molecule has 4 rings (SSSR count). The predicted molar refractivity (Wildman–Crippen MR) is 122 cm³/mol. The fraction of sp³-hybridized carbons (Fsp3) is 0.308. The summed E-state index contributed by atoms with van der Waals surface area (Å²) >= 11 is 0. The van der Waals surface area contributed by atoms with Crippen LogP contribution in [0.15, 0.2) is 72.8 Å². The van der Waals surface area contributed by atoms with Crippen molar-refractivity contribution in [2.24, 2.45) is 0 Å². The van der Waals surface area contributed by atoms with Gasteiger partial charge in [0.05, 0.1) is 20.8 Å². The van der Waals surface area contributed by atoms with Crippen molar-refractivity contribution in [2.75, 3.05) is 20.8 Å². The van der Waals surface area contributed by atoms with E-state index in [4.69, 9.17) is 18.9 Å². The molecule has 0 saturated carbocycles. The van der Waals surface area contributed by atoms with Crippen LogP contribution < -0.4 is 14.2 Å². The van der Waals surface area contributed by atoms with E-state index < -0.39 is 24.6 Å². The molecule has 1 aliphatic rings. The van der Waals surface area contributed by atoms with Crippen molar-refractivity contribution >= 4 is 0 Å². The van der Waals surface area contributed by atoms with Crippen molar-refractivity contribution in [3.05, 3.63) is 89.5 Å². The molecule has 3 aromatic carbocycles. The minimum absolute atomic E-state index is 0.0376. The summed E-state index contributed by atoms with van der Waals surface area (Å²) in [5.74, 6) is 2.02. The average molecular weight is 453 g/mol. The van der Waals surface area contributed by atoms with Crippen LogP contribution in [0.3, 0.4) is 0 Å². The smallest absolute Gasteiger partial charge is 0.228 e. The molecule has 3 aromatic rings. The molecule has 1 heterocycles. The minimum Gasteiger partial charge on any atom is -0.497 e. The van der Waals surface area contributed by atoms with Crippen LogP contribution >= 0.6 is 0 Å². The van der Waals surface area contributed by atoms with E-state index in [0.29, 0.717) is 5.75 Å². The fourth-order valence-electron chi connectivity index (χ4n) is 3.93. The van der Waals surface area contributed by atoms with Gasteiger partial charge in [-0.3, -0.25) is 0 Å². The van der Waals surface area contributed by atoms with Gasteiger partial charge in [-0.15, -0.1) is 0 Å². The van der Waals surface area contributed by atoms with E-state index in [2.05, 4.69) is 0 Å². The molecule has 3 N–H and O–H groups in total. The van der Waals surface area contributed by atoms with E-state index in [0.717, 1.165) is 28.2 Å². The van der Waals surface area contributed by atoms with E-state index >= 15 is 0 Å². The van der Waals surface area contributed by atoms with Gasteiger partial charge >= 0.3 is 0 Å². The summed E-state index contributed by atoms with van der Waals surface area (Å²) in [5.41, 5.74) is 3.23. The minimum atomic E-state index is -1.35. The van der Waals surface area contributed by atoms with Crippen LogP contribution in [-0.4, -0.2) is 60.7 Å². The third kappa shape index (κ3) is 5.12. The summed E-state index contributed by atoms with van der Waals surface area (Å²) in [6.45, 7) is -0.113. The first-order chi connectivity index (χ1) is 16.0. The Hall–Kier alpha value is -3.10. The highest BCUT2D eigenvalue weighted by atomic mass is 16.7. The molecule has 0 bridgehead atoms. The fourth-order valence-corrected chi connectivity index (χ4v) is 3.93. The van der Waals surface area contributed by atoms with Crippen LogP contribution in [0, 0.1) is 0 Å². The molecule has 1 fully saturated rings. The number of benzene rings is 3. The highest BCUT2D eigenvalue weighted by molar-refractivity contribution is 5.46. The van der Waals surface area contributed by atoms with Crippen LogP contribution in [0.2, 0.25) is 0 Å². The number of rotatable bonds is 7. The molecule has 4 atom stereocenters. The lowest BCUT2D eigenvalue weighted by Crippen LogP contribution is -2.54. The average Bonchev–Trinajstić information content (AvgIpc) is 2.86. The molecule has 7 nitrogen and oxygen atoms in total. The van der Waals surface area contributed by atoms with Crippen molar-refractivity contribution in [3.63, 3.8) is 0 Å². The Morgan fingerprint density at radius 1 is 0.667 bits per heavy atom. The van der Waals surface area contributed by atoms with Crippen LogP contribution in [0.1, 0.15) is 22.6 Å². The standard InChI is InChI=1S/C26H28O7/c1-30-19-9-3-16(4-10-19)23(17-5-11-20(31-2)12-6-17)18-7-13-21(14-8-18)33-26-25(29)24(28)22(27)15-32-26/h3-14,22-29H,15H2,1-2H3/t22-,24-,25+,26+/m0/s1. The highest BCUT2D eigenvalue weighted by Crippen LogP contribution is 2.35. The van der Waals surface area contributed by atoms with Gasteiger partial charge < -0.3 is 34.3 Å². The van der Waals surface area contributed by atoms with Crippen LogP contribution in [0.25, 0.3) is 0 Å². The quantitative estimate of drug-likeness (QED) is 0.474. The summed E-state index contributed by atoms with van der Waals surface area (Å²) in [7, 11) is 3.28. The first-order valence-electron chi connectivity index (χ1n) is 10.7. The lowest BCUT2D eigenvalue weighted by Gasteiger charge is -2.35. The lowest BCUT2D eigenvalue weighted by molar-refractivity contribution is -0.242. The molecule has 33 heavy (non-hydrogen) atoms. The molecular weight excluding hydrogens is 424 g/mol. The summed E-state index contributed by atoms with van der Waals surface area (Å²) in [4.78, 5) is 0. The number of aliphatic hydroxyl groups excluding tert-OH is 3. The molecule has 0 radical (unpaired) electrons. The van der Waals surface area contributed by atoms with E-state index in [1.165, 1.54) is 0 Å². The number of ether oxygens (including phenoxy) is 4. The Bertz CT molecular complexity index is 971. The van der Waals surface area contributed by atoms with Crippen LogP contribution in [-0.2, 0) is 4.74 Å². The van der Waals surface area contributed by atoms with Crippen molar-refractivity contribution in [1.82, 2.24) is 0 Å². The van der Waals surface area contributed by atoms with Crippen molar-refractivity contribution < 1.29 is 34.3 Å². The zero-order valence-electron chi connectivity index (χ0n) is 18.5. The van der Waals surface area contributed by atoms with Gasteiger partial charge in [-0.05, 0) is 53.1 Å². The van der Waals surface area contributed by atoms with Crippen molar-refractivity contribution in [2.45, 2.75) is 30.5 Å². The number of aliphatic hydroxyl groups is 3. The van der Waals surface area contributed by atoms with E-state index in [1.54, 1.807) is 26.4 Å². The molecule has 0 aliphatic carbocycles. The number of hydrogen-bond acceptors (Lipinski definition) is 7. The summed E-state index contributed by atoms with van der Waals surface area (Å²) in [6.07, 6.45) is -4.87. The lowest BCUT2D eigenvalue weighted by atomic mass is 9.85. The molecule has 1 aliphatic heterocycles. The monoisotopic (exact) mass is 452 g/mol. The zero-order chi connectivity index (χ0) is 23.4. The van der Waals surface area contributed by atoms with Gasteiger partial charge in [-0.1, -0.05) is 36.4 Å². The second-order valence-corrected chi connectivity index (χ2v) is 7.92. The van der Waals surface area contributed by atoms with Crippen molar-refractivity contribution in [3.8, 4) is 17.2 Å². The molecule has 1 saturated heterocycles. The van der Waals surface area contributed by atoms with Gasteiger partial charge in [-0.25, -0.2) is 0 Å². The van der Waals surface area contributed by atoms with Crippen LogP contribution in [0.5, 0.6) is 17.2 Å². The van der Waals surface area contributed by atoms with Crippen molar-refractivity contribution in [1.29, 1.82) is 0 Å². The van der Waals surface area contributed by atoms with Gasteiger partial charge in [0.2, 0.25) is 6.29 Å². The SMILES string of the molecule is COc1ccc(C(c2ccc(OC)cc2)c2ccc(O[C@H]3OC[C@H](O)[C@H](O)[C@H]3O)cc2)cc1. The van der Waals surface area contributed by atoms with E-state index in [1.807, 2.05) is 60.7 Å². The Labute approximate surface area is 192 Å². The first-order valence-corrected chi connectivity index (χ1v) is 10.7. The predicted octanol–water partition coefficient (Wildman–Crippen LogP) is 2.70. The summed E-state index contributed by atoms with van der Waals surface area (Å²) in [6, 6.07) is 23.4. The van der Waals surface area contributed by atoms with Gasteiger partial charge in [-0.2, -0.15) is 0 Å². The normalized spacial score (nSPS) is 22.7. The molecule has 7 heteroatoms. The third-order valence-corrected chi connectivity index (χ3v) is 5.82. The van der Waals surface area contributed by atoms with Crippen LogP contribution in [0.4, 0.5) is 0 Å². The van der Waals surface area contributed by atoms with Gasteiger partial charge in [0.1, 0.15) is 35.6 Å². The Morgan fingerprint density at radius 2 is 1.09 bits per heavy atom. The van der Waals surface area contributed by atoms with Gasteiger partial charge in [0.15, 0.2) is 0 Å². The number of hydrogen-bond donors (Lipinski definition) is 3. The van der Waals surface area contributed by atoms with Gasteiger partial charge in [0, 0.05) is 5.92 Å². The highest BCUT2D eigenvalue weighted by Gasteiger charge is 2.39. The van der Waals surface area contributed by atoms with Gasteiger partial charge in [0.25, 0.3) is 0 Å². The molecule has 0 unspecified atom stereocenters. The first kappa shape index (κ1) is 23.1. The summed E-state index contributed by atoms with van der Waals surface area (Å²) in [5, 5.41) is 29.6. The molecular formula is C26H28O7. The van der Waals surface area contributed by atoms with E-state index in [-0.39, 0.29) is 12.5 Å². The second kappa shape index (κ2) is 10.2. The maximum atomic E-state index is 10.1. The Morgan fingerprint density at radius 3 is 1.52 bits per heavy atom. The van der Waals surface area contributed by atoms with E-state index in [9.17, 15) is 15.3 Å². The molecule has 174 valence electrons. The molecule has 0 aromatic heterocycles.